The Kier molecular flexibility index (Phi) is 6.27. The van der Waals surface area contributed by atoms with Crippen molar-refractivity contribution in [1.82, 2.24) is 14.8 Å². The lowest BCUT2D eigenvalue weighted by molar-refractivity contribution is -0.383. The van der Waals surface area contributed by atoms with Crippen LogP contribution in [0.15, 0.2) is 59.8 Å². The molecule has 3 aromatic rings. The summed E-state index contributed by atoms with van der Waals surface area (Å²) < 4.78 is 62.9. The summed E-state index contributed by atoms with van der Waals surface area (Å²) in [5.41, 5.74) is 1.49. The summed E-state index contributed by atoms with van der Waals surface area (Å²) in [6.07, 6.45) is -3.62. The molecule has 0 atom stereocenters. The van der Waals surface area contributed by atoms with Crippen LogP contribution in [0.1, 0.15) is 11.1 Å². The molecule has 0 saturated carbocycles. The summed E-state index contributed by atoms with van der Waals surface area (Å²) >= 11 is 0. The van der Waals surface area contributed by atoms with Crippen LogP contribution in [0.4, 0.5) is 36.2 Å². The molecule has 168 valence electrons. The SMILES string of the molecule is Cc1ccc(S(=O)(=O)NNc2ncnc(Nc3ccc(C(F)(F)F)cc3)c2[N+](=O)[O-])cc1. The molecule has 0 saturated heterocycles. The molecule has 10 nitrogen and oxygen atoms in total. The molecule has 32 heavy (non-hydrogen) atoms. The minimum atomic E-state index is -4.54. The third-order valence-corrected chi connectivity index (χ3v) is 5.38. The lowest BCUT2D eigenvalue weighted by Gasteiger charge is -2.12. The molecule has 0 bridgehead atoms. The molecule has 0 spiro atoms. The number of sulfonamides is 1. The molecule has 0 amide bonds. The van der Waals surface area contributed by atoms with Crippen LogP contribution in [0, 0.1) is 17.0 Å². The van der Waals surface area contributed by atoms with Crippen LogP contribution in [0.2, 0.25) is 0 Å². The first-order valence-electron chi connectivity index (χ1n) is 8.75. The van der Waals surface area contributed by atoms with Crippen molar-refractivity contribution in [3.8, 4) is 0 Å². The number of hydrogen-bond donors (Lipinski definition) is 3. The van der Waals surface area contributed by atoms with Crippen LogP contribution in [0.5, 0.6) is 0 Å². The number of hydrogen-bond acceptors (Lipinski definition) is 8. The van der Waals surface area contributed by atoms with Gasteiger partial charge in [-0.15, -0.1) is 4.83 Å². The monoisotopic (exact) mass is 468 g/mol. The number of hydrazine groups is 1. The van der Waals surface area contributed by atoms with Gasteiger partial charge < -0.3 is 5.32 Å². The lowest BCUT2D eigenvalue weighted by Crippen LogP contribution is -2.30. The Balaban J connectivity index is 1.85. The van der Waals surface area contributed by atoms with E-state index in [1.807, 2.05) is 4.83 Å². The number of anilines is 3. The van der Waals surface area contributed by atoms with Crippen LogP contribution >= 0.6 is 0 Å². The van der Waals surface area contributed by atoms with E-state index >= 15 is 0 Å². The molecule has 1 aromatic heterocycles. The zero-order valence-electron chi connectivity index (χ0n) is 16.2. The Bertz CT molecular complexity index is 1230. The van der Waals surface area contributed by atoms with Gasteiger partial charge in [-0.05, 0) is 43.3 Å². The van der Waals surface area contributed by atoms with E-state index in [2.05, 4.69) is 20.7 Å². The van der Waals surface area contributed by atoms with Crippen molar-refractivity contribution in [2.75, 3.05) is 10.7 Å². The van der Waals surface area contributed by atoms with Gasteiger partial charge in [-0.3, -0.25) is 15.5 Å². The summed E-state index contributed by atoms with van der Waals surface area (Å²) in [5.74, 6) is -0.836. The number of aryl methyl sites for hydroxylation is 1. The Morgan fingerprint density at radius 2 is 1.56 bits per heavy atom. The fourth-order valence-corrected chi connectivity index (χ4v) is 3.35. The third kappa shape index (κ3) is 5.28. The highest BCUT2D eigenvalue weighted by atomic mass is 32.2. The van der Waals surface area contributed by atoms with Gasteiger partial charge in [-0.2, -0.15) is 13.2 Å². The van der Waals surface area contributed by atoms with Gasteiger partial charge in [-0.25, -0.2) is 18.4 Å². The molecule has 0 radical (unpaired) electrons. The molecule has 0 aliphatic rings. The molecule has 0 aliphatic heterocycles. The van der Waals surface area contributed by atoms with E-state index in [0.29, 0.717) is 0 Å². The normalized spacial score (nSPS) is 11.8. The molecule has 14 heteroatoms. The maximum atomic E-state index is 12.7. The average Bonchev–Trinajstić information content (AvgIpc) is 2.72. The molecule has 0 aliphatic carbocycles. The molecule has 1 heterocycles. The standard InChI is InChI=1S/C18H15F3N6O4S/c1-11-2-8-14(9-3-11)32(30,31)26-25-17-15(27(28)29)16(22-10-23-17)24-13-6-4-12(5-7-13)18(19,20)21/h2-10,26H,1H3,(H2,22,23,24,25). The van der Waals surface area contributed by atoms with Gasteiger partial charge in [0.25, 0.3) is 10.0 Å². The average molecular weight is 468 g/mol. The van der Waals surface area contributed by atoms with Crippen molar-refractivity contribution >= 4 is 33.0 Å². The largest absolute Gasteiger partial charge is 0.416 e. The Labute approximate surface area is 179 Å². The predicted octanol–water partition coefficient (Wildman–Crippen LogP) is 3.76. The second-order valence-corrected chi connectivity index (χ2v) is 8.10. The van der Waals surface area contributed by atoms with Crippen molar-refractivity contribution in [3.05, 3.63) is 76.1 Å². The van der Waals surface area contributed by atoms with E-state index < -0.39 is 38.2 Å². The summed E-state index contributed by atoms with van der Waals surface area (Å²) in [6.45, 7) is 1.78. The van der Waals surface area contributed by atoms with Gasteiger partial charge in [0.15, 0.2) is 0 Å². The lowest BCUT2D eigenvalue weighted by atomic mass is 10.2. The van der Waals surface area contributed by atoms with Crippen LogP contribution in [-0.4, -0.2) is 23.3 Å². The number of benzene rings is 2. The first kappa shape index (κ1) is 22.9. The van der Waals surface area contributed by atoms with E-state index in [-0.39, 0.29) is 16.4 Å². The number of nitro groups is 1. The second kappa shape index (κ2) is 8.76. The summed E-state index contributed by atoms with van der Waals surface area (Å²) in [6, 6.07) is 9.59. The van der Waals surface area contributed by atoms with Gasteiger partial charge in [0.2, 0.25) is 11.6 Å². The molecular formula is C18H15F3N6O4S. The molecule has 3 rings (SSSR count). The topological polar surface area (TPSA) is 139 Å². The number of aromatic nitrogens is 2. The van der Waals surface area contributed by atoms with E-state index in [1.54, 1.807) is 19.1 Å². The minimum absolute atomic E-state index is 0.0876. The van der Waals surface area contributed by atoms with Crippen molar-refractivity contribution in [2.45, 2.75) is 18.0 Å². The zero-order valence-corrected chi connectivity index (χ0v) is 17.0. The minimum Gasteiger partial charge on any atom is -0.334 e. The first-order valence-corrected chi connectivity index (χ1v) is 10.2. The third-order valence-electron chi connectivity index (χ3n) is 4.11. The van der Waals surface area contributed by atoms with Crippen molar-refractivity contribution in [3.63, 3.8) is 0 Å². The molecule has 2 aromatic carbocycles. The van der Waals surface area contributed by atoms with Crippen LogP contribution < -0.4 is 15.6 Å². The van der Waals surface area contributed by atoms with E-state index in [4.69, 9.17) is 0 Å². The van der Waals surface area contributed by atoms with Crippen LogP contribution in [-0.2, 0) is 16.2 Å². The maximum Gasteiger partial charge on any atom is 0.416 e. The number of nitrogens with zero attached hydrogens (tertiary/aromatic N) is 3. The van der Waals surface area contributed by atoms with E-state index in [1.165, 1.54) is 12.1 Å². The number of alkyl halides is 3. The van der Waals surface area contributed by atoms with Gasteiger partial charge in [-0.1, -0.05) is 17.7 Å². The van der Waals surface area contributed by atoms with Gasteiger partial charge >= 0.3 is 11.9 Å². The fraction of sp³-hybridized carbons (Fsp3) is 0.111. The van der Waals surface area contributed by atoms with Crippen molar-refractivity contribution in [1.29, 1.82) is 0 Å². The maximum absolute atomic E-state index is 12.7. The summed E-state index contributed by atoms with van der Waals surface area (Å²) in [7, 11) is -4.08. The number of rotatable bonds is 7. The van der Waals surface area contributed by atoms with Gasteiger partial charge in [0.05, 0.1) is 15.4 Å². The Morgan fingerprint density at radius 1 is 0.969 bits per heavy atom. The number of nitrogens with one attached hydrogen (secondary N) is 3. The van der Waals surface area contributed by atoms with Gasteiger partial charge in [0.1, 0.15) is 6.33 Å². The van der Waals surface area contributed by atoms with Crippen molar-refractivity contribution in [2.24, 2.45) is 0 Å². The Morgan fingerprint density at radius 3 is 2.12 bits per heavy atom. The van der Waals surface area contributed by atoms with Crippen molar-refractivity contribution < 1.29 is 26.5 Å². The molecule has 0 fully saturated rings. The van der Waals surface area contributed by atoms with Gasteiger partial charge in [0, 0.05) is 5.69 Å². The van der Waals surface area contributed by atoms with E-state index in [9.17, 15) is 31.7 Å². The highest BCUT2D eigenvalue weighted by molar-refractivity contribution is 7.89. The molecule has 3 N–H and O–H groups in total. The molecule has 0 unspecified atom stereocenters. The summed E-state index contributed by atoms with van der Waals surface area (Å²) in [5, 5.41) is 14.1. The smallest absolute Gasteiger partial charge is 0.334 e. The first-order chi connectivity index (χ1) is 15.0. The second-order valence-electron chi connectivity index (χ2n) is 6.42. The highest BCUT2D eigenvalue weighted by Crippen LogP contribution is 2.33. The zero-order chi connectivity index (χ0) is 23.5. The van der Waals surface area contributed by atoms with Crippen LogP contribution in [0.3, 0.4) is 0 Å². The quantitative estimate of drug-likeness (QED) is 0.352. The highest BCUT2D eigenvalue weighted by Gasteiger charge is 2.30. The number of halogens is 3. The molecular weight excluding hydrogens is 453 g/mol. The predicted molar refractivity (Wildman–Crippen MR) is 109 cm³/mol. The fourth-order valence-electron chi connectivity index (χ4n) is 2.51. The summed E-state index contributed by atoms with van der Waals surface area (Å²) in [4.78, 5) is 20.0. The van der Waals surface area contributed by atoms with E-state index in [0.717, 1.165) is 36.2 Å². The van der Waals surface area contributed by atoms with Crippen LogP contribution in [0.25, 0.3) is 0 Å². The Hall–Kier alpha value is -3.78.